The Labute approximate surface area is 328 Å². The minimum absolute atomic E-state index is 0.00427. The van der Waals surface area contributed by atoms with Crippen molar-refractivity contribution in [3.63, 3.8) is 0 Å². The third kappa shape index (κ3) is 12.9. The van der Waals surface area contributed by atoms with Crippen molar-refractivity contribution in [2.45, 2.75) is 92.3 Å². The van der Waals surface area contributed by atoms with Crippen LogP contribution in [0.4, 0.5) is 10.5 Å². The number of carbonyl (C=O) groups is 5. The zero-order chi connectivity index (χ0) is 40.8. The Morgan fingerprint density at radius 3 is 2.36 bits per heavy atom. The lowest BCUT2D eigenvalue weighted by molar-refractivity contribution is -0.169. The van der Waals surface area contributed by atoms with Crippen LogP contribution in [-0.4, -0.2) is 67.2 Å². The first kappa shape index (κ1) is 42.9. The highest BCUT2D eigenvalue weighted by Gasteiger charge is 2.28. The van der Waals surface area contributed by atoms with Crippen LogP contribution in [-0.2, 0) is 28.5 Å². The molecule has 1 fully saturated rings. The van der Waals surface area contributed by atoms with E-state index in [1.807, 2.05) is 13.0 Å². The molecular formula is C42H53N5O9. The molecule has 300 valence electrons. The van der Waals surface area contributed by atoms with Gasteiger partial charge < -0.3 is 29.6 Å². The first-order valence-electron chi connectivity index (χ1n) is 19.1. The Bertz CT molecular complexity index is 1880. The summed E-state index contributed by atoms with van der Waals surface area (Å²) in [5.41, 5.74) is 2.79. The maximum Gasteiger partial charge on any atom is 0.412 e. The topological polar surface area (TPSA) is 195 Å². The van der Waals surface area contributed by atoms with E-state index in [0.717, 1.165) is 44.1 Å². The number of esters is 2. The summed E-state index contributed by atoms with van der Waals surface area (Å²) >= 11 is 0. The first-order chi connectivity index (χ1) is 26.8. The average molecular weight is 772 g/mol. The fourth-order valence-electron chi connectivity index (χ4n) is 5.63. The quantitative estimate of drug-likeness (QED) is 0.0395. The minimum atomic E-state index is -1.25. The number of amidine groups is 1. The molecule has 1 saturated carbocycles. The van der Waals surface area contributed by atoms with Crippen LogP contribution in [0.25, 0.3) is 5.57 Å². The van der Waals surface area contributed by atoms with Gasteiger partial charge in [-0.05, 0) is 97.7 Å². The third-order valence-corrected chi connectivity index (χ3v) is 9.07. The fraction of sp³-hybridized carbons (Fsp3) is 0.452. The molecule has 0 aliphatic heterocycles. The summed E-state index contributed by atoms with van der Waals surface area (Å²) in [4.78, 5) is 69.3. The number of rotatable bonds is 18. The summed E-state index contributed by atoms with van der Waals surface area (Å²) in [6.07, 6.45) is 7.87. The number of aromatic nitrogens is 1. The number of anilines is 1. The molecule has 56 heavy (non-hydrogen) atoms. The van der Waals surface area contributed by atoms with Crippen molar-refractivity contribution in [3.05, 3.63) is 88.0 Å². The van der Waals surface area contributed by atoms with Crippen molar-refractivity contribution in [2.75, 3.05) is 25.6 Å². The van der Waals surface area contributed by atoms with Crippen molar-refractivity contribution in [2.24, 2.45) is 11.8 Å². The molecule has 1 aromatic carbocycles. The maximum atomic E-state index is 13.8. The molecular weight excluding hydrogens is 718 g/mol. The number of benzene rings is 1. The number of nitrogens with zero attached hydrogens (tertiary/aromatic N) is 1. The second kappa shape index (κ2) is 20.8. The number of ether oxygens (including phenoxy) is 4. The van der Waals surface area contributed by atoms with Gasteiger partial charge in [-0.15, -0.1) is 0 Å². The highest BCUT2D eigenvalue weighted by molar-refractivity contribution is 6.05. The molecule has 1 aromatic heterocycles. The van der Waals surface area contributed by atoms with Gasteiger partial charge in [0.1, 0.15) is 17.3 Å². The van der Waals surface area contributed by atoms with Crippen LogP contribution in [0, 0.1) is 17.2 Å². The van der Waals surface area contributed by atoms with Gasteiger partial charge in [0.05, 0.1) is 26.1 Å². The van der Waals surface area contributed by atoms with E-state index in [9.17, 15) is 24.0 Å². The van der Waals surface area contributed by atoms with E-state index in [2.05, 4.69) is 27.9 Å². The predicted molar refractivity (Wildman–Crippen MR) is 211 cm³/mol. The van der Waals surface area contributed by atoms with Gasteiger partial charge in [-0.25, -0.2) is 14.6 Å². The lowest BCUT2D eigenvalue weighted by atomic mass is 9.93. The molecule has 0 spiro atoms. The van der Waals surface area contributed by atoms with Crippen molar-refractivity contribution in [1.29, 1.82) is 5.41 Å². The highest BCUT2D eigenvalue weighted by Crippen LogP contribution is 2.35. The lowest BCUT2D eigenvalue weighted by Crippen LogP contribution is -2.31. The van der Waals surface area contributed by atoms with Gasteiger partial charge in [-0.3, -0.25) is 25.1 Å². The normalized spacial score (nSPS) is 14.4. The maximum absolute atomic E-state index is 13.8. The number of methoxy groups -OCH3 is 1. The van der Waals surface area contributed by atoms with E-state index in [1.54, 1.807) is 50.3 Å². The van der Waals surface area contributed by atoms with Crippen LogP contribution in [0.5, 0.6) is 0 Å². The monoisotopic (exact) mass is 771 g/mol. The average Bonchev–Trinajstić information content (AvgIpc) is 4.02. The number of unbranched alkanes of at least 4 members (excludes halogenated alkanes) is 3. The highest BCUT2D eigenvalue weighted by atomic mass is 16.7. The molecule has 1 heterocycles. The van der Waals surface area contributed by atoms with Gasteiger partial charge in [0.2, 0.25) is 12.2 Å². The number of nitrogens with one attached hydrogen (secondary N) is 4. The van der Waals surface area contributed by atoms with E-state index in [4.69, 9.17) is 24.4 Å². The summed E-state index contributed by atoms with van der Waals surface area (Å²) < 4.78 is 21.6. The molecule has 14 heteroatoms. The number of pyridine rings is 1. The van der Waals surface area contributed by atoms with Crippen molar-refractivity contribution in [1.82, 2.24) is 15.6 Å². The zero-order valence-corrected chi connectivity index (χ0v) is 33.0. The standard InChI is InChI=1S/C42H53N5O9/c1-7-8-9-10-21-54-42(52)47-38(43)29-15-17-31(18-16-29)45-36(48)22-30-14-11-26(4)35(53-6)23-33(30)32-19-20-34(39(49)44-24-28-12-13-28)46-37(32)41(51)56-27(5)55-40(50)25(2)3/h14-20,23,25,27-28H,7-13,21-22,24H2,1-6H3,(H,44,49)(H,45,48)(H2,43,47,52). The van der Waals surface area contributed by atoms with Crippen LogP contribution in [0.15, 0.2) is 65.5 Å². The Balaban J connectivity index is 1.55. The van der Waals surface area contributed by atoms with Crippen LogP contribution in [0.1, 0.15) is 118 Å². The van der Waals surface area contributed by atoms with Crippen molar-refractivity contribution < 1.29 is 42.9 Å². The second-order valence-electron chi connectivity index (χ2n) is 14.1. The summed E-state index contributed by atoms with van der Waals surface area (Å²) in [7, 11) is 1.52. The molecule has 0 saturated heterocycles. The summed E-state index contributed by atoms with van der Waals surface area (Å²) in [5, 5.41) is 16.4. The molecule has 3 amide bonds. The van der Waals surface area contributed by atoms with Crippen molar-refractivity contribution >= 4 is 46.9 Å². The largest absolute Gasteiger partial charge is 0.497 e. The van der Waals surface area contributed by atoms with E-state index in [-0.39, 0.29) is 41.7 Å². The van der Waals surface area contributed by atoms with E-state index >= 15 is 0 Å². The number of alkyl carbamates (subject to hydrolysis) is 1. The third-order valence-electron chi connectivity index (χ3n) is 9.07. The number of amides is 3. The fourth-order valence-corrected chi connectivity index (χ4v) is 5.63. The smallest absolute Gasteiger partial charge is 0.412 e. The Morgan fingerprint density at radius 2 is 1.70 bits per heavy atom. The molecule has 4 rings (SSSR count). The molecule has 14 nitrogen and oxygen atoms in total. The first-order valence-corrected chi connectivity index (χ1v) is 19.1. The Hall–Kier alpha value is -5.79. The molecule has 4 N–H and O–H groups in total. The minimum Gasteiger partial charge on any atom is -0.497 e. The Morgan fingerprint density at radius 1 is 0.964 bits per heavy atom. The molecule has 1 unspecified atom stereocenters. The summed E-state index contributed by atoms with van der Waals surface area (Å²) in [5.74, 6) is -1.99. The van der Waals surface area contributed by atoms with Crippen LogP contribution >= 0.6 is 0 Å². The molecule has 2 aliphatic rings. The number of carbonyl (C=O) groups excluding carboxylic acids is 5. The van der Waals surface area contributed by atoms with E-state index in [0.29, 0.717) is 47.0 Å². The van der Waals surface area contributed by atoms with E-state index < -0.39 is 36.1 Å². The van der Waals surface area contributed by atoms with E-state index in [1.165, 1.54) is 20.1 Å². The van der Waals surface area contributed by atoms with Gasteiger partial charge in [0.25, 0.3) is 5.91 Å². The van der Waals surface area contributed by atoms with Gasteiger partial charge in [0.15, 0.2) is 5.69 Å². The van der Waals surface area contributed by atoms with Gasteiger partial charge in [-0.1, -0.05) is 46.1 Å². The number of hydrogen-bond acceptors (Lipinski definition) is 11. The second-order valence-corrected chi connectivity index (χ2v) is 14.1. The van der Waals surface area contributed by atoms with Crippen LogP contribution in [0.2, 0.25) is 0 Å². The SMILES string of the molecule is CCCCCCOC(=O)NC(=N)c1ccc(NC(=O)CC2=CCC(C)=C(OC)C=C2c2ccc(C(=O)NCC3CC3)nc2C(=O)OC(C)OC(=O)C(C)C)cc1. The summed E-state index contributed by atoms with van der Waals surface area (Å²) in [6, 6.07) is 9.51. The number of allylic oxidation sites excluding steroid dienone is 4. The van der Waals surface area contributed by atoms with Gasteiger partial charge >= 0.3 is 18.0 Å². The summed E-state index contributed by atoms with van der Waals surface area (Å²) in [6.45, 7) is 9.48. The predicted octanol–water partition coefficient (Wildman–Crippen LogP) is 7.22. The lowest BCUT2D eigenvalue weighted by Gasteiger charge is -2.19. The van der Waals surface area contributed by atoms with Gasteiger partial charge in [-0.2, -0.15) is 0 Å². The van der Waals surface area contributed by atoms with Gasteiger partial charge in [0, 0.05) is 30.3 Å². The van der Waals surface area contributed by atoms with Crippen LogP contribution < -0.4 is 16.0 Å². The molecule has 2 aromatic rings. The van der Waals surface area contributed by atoms with Crippen molar-refractivity contribution in [3.8, 4) is 0 Å². The molecule has 0 radical (unpaired) electrons. The Kier molecular flexibility index (Phi) is 15.9. The van der Waals surface area contributed by atoms with Crippen LogP contribution in [0.3, 0.4) is 0 Å². The molecule has 1 atom stereocenters. The number of hydrogen-bond donors (Lipinski definition) is 4. The molecule has 2 aliphatic carbocycles. The molecule has 0 bridgehead atoms. The zero-order valence-electron chi connectivity index (χ0n) is 33.0.